The van der Waals surface area contributed by atoms with Crippen LogP contribution in [0.2, 0.25) is 0 Å². The smallest absolute Gasteiger partial charge is 0.304 e. The molecule has 17 heavy (non-hydrogen) atoms. The summed E-state index contributed by atoms with van der Waals surface area (Å²) in [6, 6.07) is 1.50. The van der Waals surface area contributed by atoms with Gasteiger partial charge >= 0.3 is 16.2 Å². The minimum atomic E-state index is -3.74. The van der Waals surface area contributed by atoms with Crippen molar-refractivity contribution < 1.29 is 18.3 Å². The molecule has 0 atom stereocenters. The van der Waals surface area contributed by atoms with Crippen LogP contribution in [-0.4, -0.2) is 47.2 Å². The maximum absolute atomic E-state index is 11.7. The van der Waals surface area contributed by atoms with Crippen molar-refractivity contribution in [3.05, 3.63) is 12.3 Å². The van der Waals surface area contributed by atoms with Gasteiger partial charge in [0.15, 0.2) is 0 Å². The van der Waals surface area contributed by atoms with Gasteiger partial charge in [-0.15, -0.1) is 0 Å². The molecule has 0 spiro atoms. The van der Waals surface area contributed by atoms with Gasteiger partial charge in [0.1, 0.15) is 5.82 Å². The first kappa shape index (κ1) is 13.5. The third-order valence-corrected chi connectivity index (χ3v) is 3.58. The van der Waals surface area contributed by atoms with Gasteiger partial charge in [-0.05, 0) is 0 Å². The second-order valence-electron chi connectivity index (χ2n) is 3.41. The van der Waals surface area contributed by atoms with E-state index in [2.05, 4.69) is 9.82 Å². The molecule has 1 heterocycles. The maximum atomic E-state index is 11.7. The van der Waals surface area contributed by atoms with Crippen molar-refractivity contribution in [1.82, 2.24) is 14.1 Å². The molecule has 0 aliphatic heterocycles. The lowest BCUT2D eigenvalue weighted by atomic mass is 10.4. The molecule has 2 N–H and O–H groups in total. The van der Waals surface area contributed by atoms with E-state index in [1.807, 2.05) is 0 Å². The Hall–Kier alpha value is -1.61. The lowest BCUT2D eigenvalue weighted by Gasteiger charge is -2.17. The number of anilines is 1. The molecule has 0 aliphatic rings. The molecule has 0 aliphatic carbocycles. The summed E-state index contributed by atoms with van der Waals surface area (Å²) in [7, 11) is -0.843. The highest BCUT2D eigenvalue weighted by atomic mass is 32.2. The zero-order chi connectivity index (χ0) is 13.1. The highest BCUT2D eigenvalue weighted by Crippen LogP contribution is 2.08. The van der Waals surface area contributed by atoms with Gasteiger partial charge in [0.25, 0.3) is 0 Å². The molecular weight excluding hydrogens is 248 g/mol. The summed E-state index contributed by atoms with van der Waals surface area (Å²) >= 11 is 0. The van der Waals surface area contributed by atoms with Crippen molar-refractivity contribution in [1.29, 1.82) is 0 Å². The lowest BCUT2D eigenvalue weighted by Crippen LogP contribution is -2.34. The number of carbonyl (C=O) groups is 1. The molecule has 0 radical (unpaired) electrons. The van der Waals surface area contributed by atoms with Crippen LogP contribution < -0.4 is 4.72 Å². The summed E-state index contributed by atoms with van der Waals surface area (Å²) in [5.41, 5.74) is 0. The maximum Gasteiger partial charge on any atom is 0.304 e. The molecule has 0 aromatic carbocycles. The van der Waals surface area contributed by atoms with E-state index in [0.29, 0.717) is 5.82 Å². The van der Waals surface area contributed by atoms with Crippen LogP contribution in [0.1, 0.15) is 6.42 Å². The van der Waals surface area contributed by atoms with Crippen molar-refractivity contribution >= 4 is 22.0 Å². The zero-order valence-corrected chi connectivity index (χ0v) is 10.3. The van der Waals surface area contributed by atoms with Crippen molar-refractivity contribution in [2.45, 2.75) is 6.42 Å². The van der Waals surface area contributed by atoms with E-state index < -0.39 is 16.2 Å². The normalized spacial score (nSPS) is 11.7. The fourth-order valence-corrected chi connectivity index (χ4v) is 2.01. The molecule has 1 aromatic rings. The quantitative estimate of drug-likeness (QED) is 0.718. The molecule has 0 fully saturated rings. The number of aryl methyl sites for hydroxylation is 1. The molecule has 9 heteroatoms. The Morgan fingerprint density at radius 3 is 2.76 bits per heavy atom. The molecule has 8 nitrogen and oxygen atoms in total. The minimum Gasteiger partial charge on any atom is -0.481 e. The molecule has 1 rings (SSSR count). The molecule has 96 valence electrons. The van der Waals surface area contributed by atoms with Crippen molar-refractivity contribution in [2.24, 2.45) is 7.05 Å². The SMILES string of the molecule is CN(CCC(=O)O)S(=O)(=O)Nc1ccnn1C. The molecule has 0 amide bonds. The van der Waals surface area contributed by atoms with Gasteiger partial charge in [-0.1, -0.05) is 0 Å². The number of nitrogens with zero attached hydrogens (tertiary/aromatic N) is 3. The number of aliphatic carboxylic acids is 1. The van der Waals surface area contributed by atoms with Crippen LogP contribution in [0.25, 0.3) is 0 Å². The first-order chi connectivity index (χ1) is 7.83. The van der Waals surface area contributed by atoms with Gasteiger partial charge in [0.05, 0.1) is 12.6 Å². The summed E-state index contributed by atoms with van der Waals surface area (Å²) in [5, 5.41) is 12.3. The van der Waals surface area contributed by atoms with Gasteiger partial charge in [-0.3, -0.25) is 14.2 Å². The van der Waals surface area contributed by atoms with Crippen molar-refractivity contribution in [2.75, 3.05) is 18.3 Å². The third kappa shape index (κ3) is 3.71. The molecule has 0 bridgehead atoms. The molecular formula is C8H14N4O4S. The van der Waals surface area contributed by atoms with E-state index in [9.17, 15) is 13.2 Å². The van der Waals surface area contributed by atoms with E-state index in [4.69, 9.17) is 5.11 Å². The largest absolute Gasteiger partial charge is 0.481 e. The van der Waals surface area contributed by atoms with Gasteiger partial charge in [-0.2, -0.15) is 17.8 Å². The van der Waals surface area contributed by atoms with Gasteiger partial charge in [0, 0.05) is 26.7 Å². The predicted molar refractivity (Wildman–Crippen MR) is 60.6 cm³/mol. The molecule has 0 unspecified atom stereocenters. The summed E-state index contributed by atoms with van der Waals surface area (Å²) < 4.78 is 28.1. The van der Waals surface area contributed by atoms with Gasteiger partial charge < -0.3 is 5.11 Å². The van der Waals surface area contributed by atoms with Crippen LogP contribution >= 0.6 is 0 Å². The predicted octanol–water partition coefficient (Wildman–Crippen LogP) is -0.517. The van der Waals surface area contributed by atoms with E-state index in [1.54, 1.807) is 7.05 Å². The van der Waals surface area contributed by atoms with Crippen LogP contribution in [0, 0.1) is 0 Å². The number of hydrogen-bond donors (Lipinski definition) is 2. The average Bonchev–Trinajstić information content (AvgIpc) is 2.60. The van der Waals surface area contributed by atoms with E-state index >= 15 is 0 Å². The van der Waals surface area contributed by atoms with Crippen LogP contribution in [-0.2, 0) is 22.1 Å². The highest BCUT2D eigenvalue weighted by Gasteiger charge is 2.19. The zero-order valence-electron chi connectivity index (χ0n) is 9.49. The van der Waals surface area contributed by atoms with Crippen LogP contribution in [0.4, 0.5) is 5.82 Å². The Morgan fingerprint density at radius 1 is 1.65 bits per heavy atom. The Bertz CT molecular complexity index is 495. The van der Waals surface area contributed by atoms with Crippen LogP contribution in [0.15, 0.2) is 12.3 Å². The van der Waals surface area contributed by atoms with E-state index in [-0.39, 0.29) is 13.0 Å². The molecule has 0 saturated heterocycles. The minimum absolute atomic E-state index is 0.0947. The number of nitrogens with one attached hydrogen (secondary N) is 1. The van der Waals surface area contributed by atoms with Crippen LogP contribution in [0.3, 0.4) is 0 Å². The summed E-state index contributed by atoms with van der Waals surface area (Å²) in [6.45, 7) is -0.0947. The Kier molecular flexibility index (Phi) is 4.07. The van der Waals surface area contributed by atoms with E-state index in [0.717, 1.165) is 4.31 Å². The number of hydrogen-bond acceptors (Lipinski definition) is 4. The number of carboxylic acids is 1. The number of carboxylic acid groups (broad SMARTS) is 1. The standard InChI is InChI=1S/C8H14N4O4S/c1-11(6-4-8(13)14)17(15,16)10-7-3-5-9-12(7)2/h3,5,10H,4,6H2,1-2H3,(H,13,14). The van der Waals surface area contributed by atoms with Crippen molar-refractivity contribution in [3.63, 3.8) is 0 Å². The van der Waals surface area contributed by atoms with Crippen molar-refractivity contribution in [3.8, 4) is 0 Å². The number of rotatable bonds is 6. The fraction of sp³-hybridized carbons (Fsp3) is 0.500. The third-order valence-electron chi connectivity index (χ3n) is 2.11. The Morgan fingerprint density at radius 2 is 2.29 bits per heavy atom. The molecule has 1 aromatic heterocycles. The van der Waals surface area contributed by atoms with E-state index in [1.165, 1.54) is 24.0 Å². The average molecular weight is 262 g/mol. The monoisotopic (exact) mass is 262 g/mol. The fourth-order valence-electron chi connectivity index (χ4n) is 1.06. The first-order valence-electron chi connectivity index (χ1n) is 4.77. The second kappa shape index (κ2) is 5.15. The van der Waals surface area contributed by atoms with Crippen LogP contribution in [0.5, 0.6) is 0 Å². The van der Waals surface area contributed by atoms with Gasteiger partial charge in [-0.25, -0.2) is 0 Å². The number of aromatic nitrogens is 2. The Labute approximate surface area is 99.0 Å². The second-order valence-corrected chi connectivity index (χ2v) is 5.19. The first-order valence-corrected chi connectivity index (χ1v) is 6.21. The highest BCUT2D eigenvalue weighted by molar-refractivity contribution is 7.90. The summed E-state index contributed by atoms with van der Waals surface area (Å²) in [6.07, 6.45) is 1.21. The molecule has 0 saturated carbocycles. The van der Waals surface area contributed by atoms with Gasteiger partial charge in [0.2, 0.25) is 0 Å². The lowest BCUT2D eigenvalue weighted by molar-refractivity contribution is -0.137. The summed E-state index contributed by atoms with van der Waals surface area (Å²) in [5.74, 6) is -0.736. The summed E-state index contributed by atoms with van der Waals surface area (Å²) in [4.78, 5) is 10.3. The topological polar surface area (TPSA) is 105 Å². The Balaban J connectivity index is 2.68.